The fourth-order valence-electron chi connectivity index (χ4n) is 5.84. The Labute approximate surface area is 248 Å². The maximum atomic E-state index is 13.5. The van der Waals surface area contributed by atoms with E-state index in [1.807, 2.05) is 37.4 Å². The van der Waals surface area contributed by atoms with Crippen molar-refractivity contribution < 1.29 is 28.8 Å². The van der Waals surface area contributed by atoms with Gasteiger partial charge in [-0.15, -0.1) is 10.2 Å². The predicted octanol–water partition coefficient (Wildman–Crippen LogP) is 6.53. The van der Waals surface area contributed by atoms with Crippen LogP contribution in [0.3, 0.4) is 0 Å². The summed E-state index contributed by atoms with van der Waals surface area (Å²) in [6.07, 6.45) is 5.33. The second-order valence-corrected chi connectivity index (χ2v) is 11.8. The number of aromatic nitrogens is 3. The quantitative estimate of drug-likeness (QED) is 0.260. The zero-order chi connectivity index (χ0) is 29.1. The van der Waals surface area contributed by atoms with Gasteiger partial charge >= 0.3 is 5.97 Å². The second-order valence-electron chi connectivity index (χ2n) is 10.4. The normalized spacial score (nSPS) is 19.4. The van der Waals surface area contributed by atoms with Crippen LogP contribution in [0, 0.1) is 5.92 Å². The summed E-state index contributed by atoms with van der Waals surface area (Å²) >= 11 is 7.48. The molecule has 0 amide bonds. The summed E-state index contributed by atoms with van der Waals surface area (Å²) in [4.78, 5) is 13.7. The summed E-state index contributed by atoms with van der Waals surface area (Å²) in [6, 6.07) is 11.1. The third kappa shape index (κ3) is 5.85. The lowest BCUT2D eigenvalue weighted by Crippen LogP contribution is -2.45. The van der Waals surface area contributed by atoms with E-state index in [1.165, 1.54) is 0 Å². The largest absolute Gasteiger partial charge is 0.511 e. The van der Waals surface area contributed by atoms with Gasteiger partial charge in [-0.05, 0) is 67.1 Å². The summed E-state index contributed by atoms with van der Waals surface area (Å²) in [5, 5.41) is 20.9. The van der Waals surface area contributed by atoms with Crippen LogP contribution in [0.5, 0.6) is 17.2 Å². The number of aliphatic hydroxyl groups excluding tert-OH is 1. The lowest BCUT2D eigenvalue weighted by molar-refractivity contribution is -0.166. The first kappa shape index (κ1) is 29.1. The van der Waals surface area contributed by atoms with E-state index in [0.717, 1.165) is 48.6 Å². The number of ether oxygens (including phenoxy) is 4. The monoisotopic (exact) mass is 599 g/mol. The molecule has 0 bridgehead atoms. The highest BCUT2D eigenvalue weighted by molar-refractivity contribution is 8.03. The van der Waals surface area contributed by atoms with Gasteiger partial charge in [-0.25, -0.2) is 4.79 Å². The lowest BCUT2D eigenvalue weighted by Gasteiger charge is -2.41. The van der Waals surface area contributed by atoms with Crippen molar-refractivity contribution in [2.45, 2.75) is 55.7 Å². The number of hydrogen-bond donors (Lipinski definition) is 1. The molecule has 1 aliphatic heterocycles. The molecule has 1 N–H and O–H groups in total. The van der Waals surface area contributed by atoms with Gasteiger partial charge in [0, 0.05) is 25.1 Å². The van der Waals surface area contributed by atoms with Gasteiger partial charge in [0.15, 0.2) is 11.0 Å². The topological polar surface area (TPSA) is 105 Å². The number of methoxy groups -OCH3 is 3. The lowest BCUT2D eigenvalue weighted by atomic mass is 9.77. The van der Waals surface area contributed by atoms with Gasteiger partial charge in [0.05, 0.1) is 26.4 Å². The molecule has 1 aromatic heterocycles. The van der Waals surface area contributed by atoms with E-state index >= 15 is 0 Å². The third-order valence-corrected chi connectivity index (χ3v) is 9.48. The molecule has 1 saturated carbocycles. The number of cyclic esters (lactones) is 1. The summed E-state index contributed by atoms with van der Waals surface area (Å²) in [5.41, 5.74) is 0.884. The van der Waals surface area contributed by atoms with Crippen molar-refractivity contribution in [3.05, 3.63) is 57.6 Å². The van der Waals surface area contributed by atoms with Crippen molar-refractivity contribution in [1.82, 2.24) is 14.8 Å². The number of rotatable bonds is 10. The molecule has 0 radical (unpaired) electrons. The van der Waals surface area contributed by atoms with Crippen LogP contribution in [0.1, 0.15) is 44.1 Å². The predicted molar refractivity (Wildman–Crippen MR) is 157 cm³/mol. The Hall–Kier alpha value is -3.37. The number of thioether (sulfide) groups is 1. The number of carbonyl (C=O) groups excluding carboxylic acids is 1. The molecule has 3 aromatic rings. The van der Waals surface area contributed by atoms with Crippen molar-refractivity contribution >= 4 is 29.3 Å². The molecular formula is C30H34ClN3O6S. The van der Waals surface area contributed by atoms with Crippen LogP contribution in [0.2, 0.25) is 5.02 Å². The number of carbonyl (C=O) groups is 1. The Morgan fingerprint density at radius 1 is 1.10 bits per heavy atom. The van der Waals surface area contributed by atoms with Crippen LogP contribution in [-0.2, 0) is 23.0 Å². The first-order valence-corrected chi connectivity index (χ1v) is 14.8. The smallest absolute Gasteiger partial charge is 0.349 e. The van der Waals surface area contributed by atoms with Crippen LogP contribution in [0.15, 0.2) is 52.2 Å². The minimum atomic E-state index is -0.829. The van der Waals surface area contributed by atoms with Crippen LogP contribution in [0.4, 0.5) is 0 Å². The summed E-state index contributed by atoms with van der Waals surface area (Å²) in [5.74, 6) is 2.12. The van der Waals surface area contributed by atoms with E-state index in [-0.39, 0.29) is 23.0 Å². The van der Waals surface area contributed by atoms with E-state index in [1.54, 1.807) is 32.0 Å². The number of benzene rings is 2. The number of hydrogen-bond acceptors (Lipinski definition) is 9. The first-order valence-electron chi connectivity index (χ1n) is 13.6. The Balaban J connectivity index is 1.40. The molecule has 5 rings (SSSR count). The molecular weight excluding hydrogens is 566 g/mol. The number of nitrogens with zero attached hydrogens (tertiary/aromatic N) is 3. The van der Waals surface area contributed by atoms with E-state index < -0.39 is 11.6 Å². The SMILES string of the molecule is COc1cccc(-c2nnc(SC3=C(O)CC(CCc4cc(Cl)c(OC)cc4OC)(C4CCCC4)OC3=O)n2C)c1. The second kappa shape index (κ2) is 12.2. The average Bonchev–Trinajstić information content (AvgIpc) is 3.65. The Morgan fingerprint density at radius 3 is 2.54 bits per heavy atom. The molecule has 41 heavy (non-hydrogen) atoms. The van der Waals surface area contributed by atoms with Crippen LogP contribution < -0.4 is 14.2 Å². The van der Waals surface area contributed by atoms with Crippen LogP contribution in [0.25, 0.3) is 11.4 Å². The van der Waals surface area contributed by atoms with Crippen molar-refractivity contribution in [2.75, 3.05) is 21.3 Å². The summed E-state index contributed by atoms with van der Waals surface area (Å²) in [7, 11) is 6.58. The minimum absolute atomic E-state index is 0.0174. The standard InChI is InChI=1S/C30H34ClN3O6S/c1-34-27(19-8-7-11-21(14-19)37-2)32-33-29(34)41-26-23(35)17-30(40-28(26)36,20-9-5-6-10-20)13-12-18-15-22(31)25(39-4)16-24(18)38-3/h7-8,11,14-16,20,35H,5-6,9-10,12-13,17H2,1-4H3. The highest BCUT2D eigenvalue weighted by Crippen LogP contribution is 2.48. The number of aliphatic hydroxyl groups is 1. The minimum Gasteiger partial charge on any atom is -0.511 e. The summed E-state index contributed by atoms with van der Waals surface area (Å²) in [6.45, 7) is 0. The summed E-state index contributed by atoms with van der Waals surface area (Å²) < 4.78 is 24.3. The first-order chi connectivity index (χ1) is 19.8. The van der Waals surface area contributed by atoms with Gasteiger partial charge in [0.2, 0.25) is 0 Å². The zero-order valence-electron chi connectivity index (χ0n) is 23.6. The van der Waals surface area contributed by atoms with Crippen molar-refractivity contribution in [2.24, 2.45) is 13.0 Å². The van der Waals surface area contributed by atoms with Gasteiger partial charge in [0.1, 0.15) is 33.5 Å². The number of esters is 1. The fraction of sp³-hybridized carbons (Fsp3) is 0.433. The fourth-order valence-corrected chi connectivity index (χ4v) is 6.91. The molecule has 218 valence electrons. The number of halogens is 1. The molecule has 2 heterocycles. The molecule has 1 unspecified atom stereocenters. The molecule has 0 spiro atoms. The molecule has 11 heteroatoms. The molecule has 1 aliphatic carbocycles. The third-order valence-electron chi connectivity index (χ3n) is 8.04. The van der Waals surface area contributed by atoms with E-state index in [4.69, 9.17) is 30.5 Å². The van der Waals surface area contributed by atoms with Crippen molar-refractivity contribution in [1.29, 1.82) is 0 Å². The zero-order valence-corrected chi connectivity index (χ0v) is 25.2. The highest BCUT2D eigenvalue weighted by Gasteiger charge is 2.48. The Bertz CT molecular complexity index is 1470. The van der Waals surface area contributed by atoms with Crippen molar-refractivity contribution in [3.63, 3.8) is 0 Å². The maximum Gasteiger partial charge on any atom is 0.349 e. The maximum absolute atomic E-state index is 13.5. The highest BCUT2D eigenvalue weighted by atomic mass is 35.5. The van der Waals surface area contributed by atoms with Gasteiger partial charge in [0.25, 0.3) is 0 Å². The van der Waals surface area contributed by atoms with E-state index in [9.17, 15) is 9.90 Å². The Morgan fingerprint density at radius 2 is 1.85 bits per heavy atom. The molecule has 1 fully saturated rings. The average molecular weight is 600 g/mol. The number of aryl methyl sites for hydroxylation is 1. The molecule has 9 nitrogen and oxygen atoms in total. The van der Waals surface area contributed by atoms with Gasteiger partial charge in [-0.2, -0.15) is 0 Å². The molecule has 1 atom stereocenters. The van der Waals surface area contributed by atoms with E-state index in [2.05, 4.69) is 10.2 Å². The Kier molecular flexibility index (Phi) is 8.70. The van der Waals surface area contributed by atoms with Gasteiger partial charge in [-0.1, -0.05) is 36.6 Å². The molecule has 2 aromatic carbocycles. The van der Waals surface area contributed by atoms with Gasteiger partial charge in [-0.3, -0.25) is 0 Å². The van der Waals surface area contributed by atoms with Crippen LogP contribution >= 0.6 is 23.4 Å². The van der Waals surface area contributed by atoms with Crippen molar-refractivity contribution in [3.8, 4) is 28.6 Å². The van der Waals surface area contributed by atoms with Crippen LogP contribution in [-0.4, -0.2) is 52.8 Å². The van der Waals surface area contributed by atoms with E-state index in [0.29, 0.717) is 46.1 Å². The molecule has 2 aliphatic rings. The van der Waals surface area contributed by atoms with Gasteiger partial charge < -0.3 is 28.6 Å². The molecule has 0 saturated heterocycles.